The van der Waals surface area contributed by atoms with Crippen molar-refractivity contribution in [2.75, 3.05) is 52.5 Å². The van der Waals surface area contributed by atoms with Crippen LogP contribution >= 0.6 is 0 Å². The predicted octanol–water partition coefficient (Wildman–Crippen LogP) is 2.17. The normalized spacial score (nSPS) is 14.1. The van der Waals surface area contributed by atoms with Crippen molar-refractivity contribution in [1.82, 2.24) is 9.80 Å². The maximum absolute atomic E-state index is 12.4. The lowest BCUT2D eigenvalue weighted by Gasteiger charge is -2.34. The fraction of sp³-hybridized carbons (Fsp3) is 0.385. The van der Waals surface area contributed by atoms with Gasteiger partial charge >= 0.3 is 23.9 Å². The molecule has 0 unspecified atom stereocenters. The molecule has 0 spiro atoms. The number of esters is 4. The van der Waals surface area contributed by atoms with E-state index in [1.54, 1.807) is 48.5 Å². The fourth-order valence-electron chi connectivity index (χ4n) is 3.69. The molecule has 10 nitrogen and oxygen atoms in total. The van der Waals surface area contributed by atoms with Crippen LogP contribution < -0.4 is 9.47 Å². The quantitative estimate of drug-likeness (QED) is 0.357. The van der Waals surface area contributed by atoms with Crippen molar-refractivity contribution < 1.29 is 38.1 Å². The number of hydrogen-bond donors (Lipinski definition) is 0. The van der Waals surface area contributed by atoms with E-state index in [0.29, 0.717) is 13.1 Å². The van der Waals surface area contributed by atoms with Gasteiger partial charge in [-0.2, -0.15) is 0 Å². The molecule has 36 heavy (non-hydrogen) atoms. The topological polar surface area (TPSA) is 112 Å². The molecule has 0 amide bonds. The summed E-state index contributed by atoms with van der Waals surface area (Å²) in [5.74, 6) is -1.73. The van der Waals surface area contributed by atoms with E-state index in [1.807, 2.05) is 0 Å². The highest BCUT2D eigenvalue weighted by molar-refractivity contribution is 5.94. The van der Waals surface area contributed by atoms with Gasteiger partial charge in [0.15, 0.2) is 0 Å². The molecule has 0 atom stereocenters. The van der Waals surface area contributed by atoms with Crippen LogP contribution in [0, 0.1) is 0 Å². The van der Waals surface area contributed by atoms with Crippen molar-refractivity contribution in [2.45, 2.75) is 13.8 Å². The molecule has 0 aliphatic carbocycles. The van der Waals surface area contributed by atoms with Gasteiger partial charge in [0.2, 0.25) is 0 Å². The number of para-hydroxylation sites is 2. The first-order chi connectivity index (χ1) is 17.3. The van der Waals surface area contributed by atoms with Crippen LogP contribution in [0.15, 0.2) is 48.5 Å². The zero-order valence-electron chi connectivity index (χ0n) is 20.4. The minimum atomic E-state index is -0.539. The van der Waals surface area contributed by atoms with Crippen LogP contribution in [0.1, 0.15) is 34.6 Å². The Labute approximate surface area is 209 Å². The van der Waals surface area contributed by atoms with Crippen molar-refractivity contribution >= 4 is 23.9 Å². The second-order valence-corrected chi connectivity index (χ2v) is 8.13. The highest BCUT2D eigenvalue weighted by Gasteiger charge is 2.20. The van der Waals surface area contributed by atoms with Crippen LogP contribution in [-0.4, -0.2) is 86.2 Å². The molecule has 0 bridgehead atoms. The van der Waals surface area contributed by atoms with Crippen molar-refractivity contribution in [3.63, 3.8) is 0 Å². The first-order valence-electron chi connectivity index (χ1n) is 11.7. The summed E-state index contributed by atoms with van der Waals surface area (Å²) in [5.41, 5.74) is 0.421. The molecule has 2 aromatic carbocycles. The van der Waals surface area contributed by atoms with Crippen LogP contribution in [0.5, 0.6) is 11.5 Å². The molecule has 3 rings (SSSR count). The van der Waals surface area contributed by atoms with E-state index >= 15 is 0 Å². The molecular formula is C26H30N2O8. The summed E-state index contributed by atoms with van der Waals surface area (Å²) in [6.07, 6.45) is 0. The Morgan fingerprint density at radius 3 is 1.36 bits per heavy atom. The fourth-order valence-corrected chi connectivity index (χ4v) is 3.69. The summed E-state index contributed by atoms with van der Waals surface area (Å²) < 4.78 is 20.9. The average molecular weight is 499 g/mol. The third-order valence-corrected chi connectivity index (χ3v) is 5.47. The monoisotopic (exact) mass is 498 g/mol. The van der Waals surface area contributed by atoms with Crippen LogP contribution in [0.3, 0.4) is 0 Å². The molecule has 0 N–H and O–H groups in total. The van der Waals surface area contributed by atoms with Gasteiger partial charge in [-0.3, -0.25) is 19.4 Å². The lowest BCUT2D eigenvalue weighted by atomic mass is 10.2. The van der Waals surface area contributed by atoms with Gasteiger partial charge in [-0.05, 0) is 24.3 Å². The molecule has 2 aromatic rings. The number of benzene rings is 2. The first-order valence-corrected chi connectivity index (χ1v) is 11.7. The van der Waals surface area contributed by atoms with Gasteiger partial charge in [0.05, 0.1) is 0 Å². The highest BCUT2D eigenvalue weighted by Crippen LogP contribution is 2.20. The first kappa shape index (κ1) is 26.8. The van der Waals surface area contributed by atoms with E-state index in [-0.39, 0.29) is 35.8 Å². The zero-order valence-corrected chi connectivity index (χ0v) is 20.4. The maximum Gasteiger partial charge on any atom is 0.341 e. The van der Waals surface area contributed by atoms with Gasteiger partial charge in [-0.15, -0.1) is 0 Å². The molecule has 1 saturated heterocycles. The van der Waals surface area contributed by atoms with Crippen LogP contribution in [0.2, 0.25) is 0 Å². The summed E-state index contributed by atoms with van der Waals surface area (Å²) in [5, 5.41) is 0. The SMILES string of the molecule is CC(=O)Oc1ccccc1C(=O)OCCN1CCN(CCOC(=O)c2ccccc2OC(C)=O)CC1. The molecule has 1 aliphatic rings. The van der Waals surface area contributed by atoms with Crippen molar-refractivity contribution in [3.05, 3.63) is 59.7 Å². The second-order valence-electron chi connectivity index (χ2n) is 8.13. The standard InChI is InChI=1S/C26H30N2O8/c1-19(29)35-23-9-5-3-7-21(23)25(31)33-17-15-27-11-13-28(14-12-27)16-18-34-26(32)22-8-4-6-10-24(22)36-20(2)30/h3-10H,11-18H2,1-2H3. The molecular weight excluding hydrogens is 468 g/mol. The summed E-state index contributed by atoms with van der Waals surface area (Å²) in [6.45, 7) is 7.27. The third-order valence-electron chi connectivity index (χ3n) is 5.47. The lowest BCUT2D eigenvalue weighted by molar-refractivity contribution is -0.132. The Morgan fingerprint density at radius 2 is 1.00 bits per heavy atom. The molecule has 1 heterocycles. The van der Waals surface area contributed by atoms with E-state index in [9.17, 15) is 19.2 Å². The molecule has 1 aliphatic heterocycles. The van der Waals surface area contributed by atoms with Crippen molar-refractivity contribution in [1.29, 1.82) is 0 Å². The minimum absolute atomic E-state index is 0.180. The third kappa shape index (κ3) is 8.17. The number of rotatable bonds is 10. The number of carbonyl (C=O) groups is 4. The second kappa shape index (κ2) is 13.4. The number of carbonyl (C=O) groups excluding carboxylic acids is 4. The Morgan fingerprint density at radius 1 is 0.639 bits per heavy atom. The van der Waals surface area contributed by atoms with E-state index in [2.05, 4.69) is 9.80 Å². The van der Waals surface area contributed by atoms with Crippen LogP contribution in [0.25, 0.3) is 0 Å². The van der Waals surface area contributed by atoms with Gasteiger partial charge < -0.3 is 18.9 Å². The minimum Gasteiger partial charge on any atom is -0.461 e. The molecule has 0 aromatic heterocycles. The van der Waals surface area contributed by atoms with Gasteiger partial charge in [-0.25, -0.2) is 9.59 Å². The number of nitrogens with zero attached hydrogens (tertiary/aromatic N) is 2. The molecule has 10 heteroatoms. The molecule has 0 radical (unpaired) electrons. The smallest absolute Gasteiger partial charge is 0.341 e. The summed E-state index contributed by atoms with van der Waals surface area (Å²) in [6, 6.07) is 12.9. The lowest BCUT2D eigenvalue weighted by Crippen LogP contribution is -2.48. The summed E-state index contributed by atoms with van der Waals surface area (Å²) in [7, 11) is 0. The average Bonchev–Trinajstić information content (AvgIpc) is 2.85. The largest absolute Gasteiger partial charge is 0.461 e. The number of ether oxygens (including phenoxy) is 4. The highest BCUT2D eigenvalue weighted by atomic mass is 16.6. The molecule has 0 saturated carbocycles. The molecule has 192 valence electrons. The summed E-state index contributed by atoms with van der Waals surface area (Å²) in [4.78, 5) is 51.6. The van der Waals surface area contributed by atoms with Gasteiger partial charge in [-0.1, -0.05) is 24.3 Å². The van der Waals surface area contributed by atoms with Gasteiger partial charge in [0.25, 0.3) is 0 Å². The van der Waals surface area contributed by atoms with E-state index < -0.39 is 23.9 Å². The van der Waals surface area contributed by atoms with Crippen molar-refractivity contribution in [3.8, 4) is 11.5 Å². The van der Waals surface area contributed by atoms with E-state index in [4.69, 9.17) is 18.9 Å². The van der Waals surface area contributed by atoms with Crippen molar-refractivity contribution in [2.24, 2.45) is 0 Å². The summed E-state index contributed by atoms with van der Waals surface area (Å²) >= 11 is 0. The Balaban J connectivity index is 1.35. The van der Waals surface area contributed by atoms with E-state index in [1.165, 1.54) is 13.8 Å². The van der Waals surface area contributed by atoms with E-state index in [0.717, 1.165) is 26.2 Å². The van der Waals surface area contributed by atoms with Gasteiger partial charge in [0, 0.05) is 53.1 Å². The van der Waals surface area contributed by atoms with Gasteiger partial charge in [0.1, 0.15) is 35.8 Å². The number of hydrogen-bond acceptors (Lipinski definition) is 10. The Kier molecular flexibility index (Phi) is 9.96. The molecule has 1 fully saturated rings. The zero-order chi connectivity index (χ0) is 25.9. The predicted molar refractivity (Wildman–Crippen MR) is 129 cm³/mol. The Hall–Kier alpha value is -3.76. The maximum atomic E-state index is 12.4. The Bertz CT molecular complexity index is 994. The van der Waals surface area contributed by atoms with Crippen LogP contribution in [-0.2, 0) is 19.1 Å². The van der Waals surface area contributed by atoms with Crippen LogP contribution in [0.4, 0.5) is 0 Å². The number of piperazine rings is 1.